The van der Waals surface area contributed by atoms with Gasteiger partial charge in [0.2, 0.25) is 0 Å². The Labute approximate surface area is 270 Å². The van der Waals surface area contributed by atoms with Crippen LogP contribution < -0.4 is 22.9 Å². The third kappa shape index (κ3) is 10.7. The van der Waals surface area contributed by atoms with Gasteiger partial charge in [-0.1, -0.05) is 36.1 Å². The third-order valence-electron chi connectivity index (χ3n) is 9.15. The average Bonchev–Trinajstić information content (AvgIpc) is 3.68. The van der Waals surface area contributed by atoms with E-state index >= 15 is 0 Å². The number of ether oxygens (including phenoxy) is 2. The van der Waals surface area contributed by atoms with Gasteiger partial charge in [-0.15, -0.1) is 10.2 Å². The molecule has 16 heteroatoms. The van der Waals surface area contributed by atoms with E-state index in [4.69, 9.17) is 32.4 Å². The van der Waals surface area contributed by atoms with E-state index in [0.717, 1.165) is 50.2 Å². The fourth-order valence-corrected chi connectivity index (χ4v) is 6.35. The van der Waals surface area contributed by atoms with Gasteiger partial charge in [-0.25, -0.2) is 0 Å². The van der Waals surface area contributed by atoms with Crippen molar-refractivity contribution in [1.82, 2.24) is 30.0 Å². The lowest BCUT2D eigenvalue weighted by atomic mass is 9.85. The molecule has 10 atom stereocenters. The molecule has 2 aromatic rings. The fraction of sp³-hybridized carbons (Fsp3) is 0.867. The maximum atomic E-state index is 10.2. The molecule has 2 heterocycles. The summed E-state index contributed by atoms with van der Waals surface area (Å²) in [7, 11) is 0. The number of aliphatic hydroxyl groups excluding tert-OH is 4. The van der Waals surface area contributed by atoms with Gasteiger partial charge in [0.15, 0.2) is 0 Å². The zero-order valence-corrected chi connectivity index (χ0v) is 26.8. The van der Waals surface area contributed by atoms with Gasteiger partial charge in [-0.2, -0.15) is 0 Å². The molecule has 46 heavy (non-hydrogen) atoms. The van der Waals surface area contributed by atoms with Crippen LogP contribution in [0.2, 0.25) is 0 Å². The summed E-state index contributed by atoms with van der Waals surface area (Å²) in [5.74, 6) is 0. The van der Waals surface area contributed by atoms with Crippen LogP contribution >= 0.6 is 0 Å². The molecule has 0 unspecified atom stereocenters. The first kappa shape index (κ1) is 36.7. The molecule has 2 aliphatic carbocycles. The minimum atomic E-state index is -1.08. The van der Waals surface area contributed by atoms with Gasteiger partial charge in [0.25, 0.3) is 0 Å². The monoisotopic (exact) mass is 652 g/mol. The average molecular weight is 653 g/mol. The number of aryl methyl sites for hydroxylation is 4. The van der Waals surface area contributed by atoms with E-state index in [1.807, 2.05) is 21.8 Å². The highest BCUT2D eigenvalue weighted by molar-refractivity contribution is 4.99. The summed E-state index contributed by atoms with van der Waals surface area (Å²) in [5.41, 5.74) is 25.5. The van der Waals surface area contributed by atoms with E-state index in [2.05, 4.69) is 20.6 Å². The molecule has 0 saturated heterocycles. The Morgan fingerprint density at radius 1 is 0.565 bits per heavy atom. The standard InChI is InChI=1S/C30H56N10O6/c31-21-15-23(33)29(27(43)25(21)41)45-13-7-9-19-17-39(37-35-19)11-5-3-1-2-4-6-12-40-18-20(36-38-40)10-8-14-46-30-24(34)16-22(32)26(42)28(30)44/h17-18,21-30,41-44H,1-16,31-34H2/t21-,22-,23+,24+,25+,26+,27-,28-,29-,30-/m1/s1. The van der Waals surface area contributed by atoms with Crippen molar-refractivity contribution in [3.05, 3.63) is 23.8 Å². The summed E-state index contributed by atoms with van der Waals surface area (Å²) in [4.78, 5) is 0. The largest absolute Gasteiger partial charge is 0.389 e. The maximum absolute atomic E-state index is 10.2. The van der Waals surface area contributed by atoms with Crippen LogP contribution in [0.4, 0.5) is 0 Å². The molecule has 16 nitrogen and oxygen atoms in total. The molecule has 0 spiro atoms. The van der Waals surface area contributed by atoms with E-state index in [0.29, 0.717) is 51.7 Å². The molecule has 4 rings (SSSR count). The molecular weight excluding hydrogens is 596 g/mol. The molecule has 2 fully saturated rings. The molecular formula is C30H56N10O6. The second-order valence-corrected chi connectivity index (χ2v) is 13.0. The van der Waals surface area contributed by atoms with Gasteiger partial charge in [-0.05, 0) is 51.4 Å². The van der Waals surface area contributed by atoms with Crippen molar-refractivity contribution in [2.75, 3.05) is 13.2 Å². The van der Waals surface area contributed by atoms with Crippen LogP contribution in [0.5, 0.6) is 0 Å². The molecule has 0 radical (unpaired) electrons. The molecule has 12 N–H and O–H groups in total. The second-order valence-electron chi connectivity index (χ2n) is 13.0. The molecule has 2 aliphatic rings. The zero-order valence-electron chi connectivity index (χ0n) is 26.8. The van der Waals surface area contributed by atoms with E-state index in [1.54, 1.807) is 0 Å². The van der Waals surface area contributed by atoms with Crippen molar-refractivity contribution in [3.63, 3.8) is 0 Å². The Morgan fingerprint density at radius 3 is 1.37 bits per heavy atom. The lowest BCUT2D eigenvalue weighted by Crippen LogP contribution is -2.62. The van der Waals surface area contributed by atoms with Crippen LogP contribution in [0.25, 0.3) is 0 Å². The van der Waals surface area contributed by atoms with Crippen LogP contribution in [-0.4, -0.2) is 124 Å². The number of rotatable bonds is 19. The van der Waals surface area contributed by atoms with Gasteiger partial charge in [0.05, 0.1) is 23.6 Å². The first-order valence-corrected chi connectivity index (χ1v) is 16.9. The summed E-state index contributed by atoms with van der Waals surface area (Å²) in [6.07, 6.45) is 8.87. The number of unbranched alkanes of at least 4 members (excludes halogenated alkanes) is 5. The summed E-state index contributed by atoms with van der Waals surface area (Å²) >= 11 is 0. The van der Waals surface area contributed by atoms with E-state index in [1.165, 1.54) is 12.8 Å². The zero-order chi connectivity index (χ0) is 33.1. The number of nitrogens with two attached hydrogens (primary N) is 4. The molecule has 0 aromatic carbocycles. The number of aliphatic hydroxyl groups is 4. The van der Waals surface area contributed by atoms with Gasteiger partial charge in [0.1, 0.15) is 24.4 Å². The highest BCUT2D eigenvalue weighted by Gasteiger charge is 2.42. The molecule has 262 valence electrons. The Balaban J connectivity index is 0.981. The van der Waals surface area contributed by atoms with E-state index < -0.39 is 60.8 Å². The smallest absolute Gasteiger partial charge is 0.109 e. The molecule has 2 saturated carbocycles. The van der Waals surface area contributed by atoms with Crippen LogP contribution in [-0.2, 0) is 35.4 Å². The molecule has 0 aliphatic heterocycles. The minimum absolute atomic E-state index is 0.400. The maximum Gasteiger partial charge on any atom is 0.109 e. The summed E-state index contributed by atoms with van der Waals surface area (Å²) in [5, 5.41) is 57.3. The van der Waals surface area contributed by atoms with Gasteiger partial charge >= 0.3 is 0 Å². The first-order valence-electron chi connectivity index (χ1n) is 16.9. The Hall–Kier alpha value is -2.12. The van der Waals surface area contributed by atoms with Crippen LogP contribution in [0.1, 0.15) is 75.6 Å². The highest BCUT2D eigenvalue weighted by atomic mass is 16.5. The number of hydrogen-bond donors (Lipinski definition) is 8. The van der Waals surface area contributed by atoms with Crippen molar-refractivity contribution in [2.24, 2.45) is 22.9 Å². The van der Waals surface area contributed by atoms with Crippen molar-refractivity contribution < 1.29 is 29.9 Å². The normalized spacial score (nSPS) is 31.8. The van der Waals surface area contributed by atoms with Crippen molar-refractivity contribution in [3.8, 4) is 0 Å². The SMILES string of the molecule is N[C@@H]1C[C@H](N)[C@@H](OCCCc2cn(CCCCCCCCn3cc(CCCO[C@H]4[C@H](O)[C@@H](O)[C@H](N)C[C@@H]4N)nn3)nn2)[C@H](O)[C@H]1O. The van der Waals surface area contributed by atoms with Gasteiger partial charge in [-0.3, -0.25) is 9.36 Å². The highest BCUT2D eigenvalue weighted by Crippen LogP contribution is 2.22. The van der Waals surface area contributed by atoms with Crippen molar-refractivity contribution >= 4 is 0 Å². The Bertz CT molecular complexity index is 1050. The summed E-state index contributed by atoms with van der Waals surface area (Å²) in [6, 6.07) is -1.87. The van der Waals surface area contributed by atoms with Crippen LogP contribution in [0.15, 0.2) is 12.4 Å². The molecule has 0 amide bonds. The van der Waals surface area contributed by atoms with Gasteiger partial charge in [0, 0.05) is 62.9 Å². The lowest BCUT2D eigenvalue weighted by molar-refractivity contribution is -0.127. The van der Waals surface area contributed by atoms with E-state index in [9.17, 15) is 20.4 Å². The topological polar surface area (TPSA) is 265 Å². The number of aromatic nitrogens is 6. The van der Waals surface area contributed by atoms with Crippen LogP contribution in [0, 0.1) is 0 Å². The van der Waals surface area contributed by atoms with Crippen LogP contribution in [0.3, 0.4) is 0 Å². The fourth-order valence-electron chi connectivity index (χ4n) is 6.35. The number of hydrogen-bond acceptors (Lipinski definition) is 14. The third-order valence-corrected chi connectivity index (χ3v) is 9.15. The Kier molecular flexibility index (Phi) is 14.7. The van der Waals surface area contributed by atoms with E-state index in [-0.39, 0.29) is 0 Å². The lowest BCUT2D eigenvalue weighted by Gasteiger charge is -2.39. The quantitative estimate of drug-likeness (QED) is 0.0771. The number of nitrogens with zero attached hydrogens (tertiary/aromatic N) is 6. The van der Waals surface area contributed by atoms with Crippen molar-refractivity contribution in [1.29, 1.82) is 0 Å². The first-order chi connectivity index (χ1) is 22.1. The Morgan fingerprint density at radius 2 is 0.957 bits per heavy atom. The molecule has 2 aromatic heterocycles. The second kappa shape index (κ2) is 18.4. The van der Waals surface area contributed by atoms with Gasteiger partial charge < -0.3 is 52.8 Å². The van der Waals surface area contributed by atoms with Crippen molar-refractivity contribution in [2.45, 2.75) is 151 Å². The summed E-state index contributed by atoms with van der Waals surface area (Å²) < 4.78 is 15.3. The predicted molar refractivity (Wildman–Crippen MR) is 169 cm³/mol. The molecule has 0 bridgehead atoms. The minimum Gasteiger partial charge on any atom is -0.389 e. The summed E-state index contributed by atoms with van der Waals surface area (Å²) in [6.45, 7) is 2.48. The predicted octanol–water partition coefficient (Wildman–Crippen LogP) is -1.89.